The average molecular weight is 479 g/mol. The number of H-pyrrole nitrogens is 1. The molecule has 0 spiro atoms. The molecular weight excluding hydrogens is 460 g/mol. The largest absolute Gasteiger partial charge is 0.276 e. The van der Waals surface area contributed by atoms with Crippen molar-refractivity contribution in [3.63, 3.8) is 0 Å². The Bertz CT molecular complexity index is 1490. The van der Waals surface area contributed by atoms with Crippen molar-refractivity contribution in [3.8, 4) is 12.1 Å². The number of aromatic amines is 1. The van der Waals surface area contributed by atoms with Crippen LogP contribution in [0.4, 0.5) is 5.82 Å². The second kappa shape index (κ2) is 8.70. The normalized spacial score (nSPS) is 18.5. The van der Waals surface area contributed by atoms with E-state index in [-0.39, 0.29) is 11.6 Å². The first kappa shape index (κ1) is 22.5. The van der Waals surface area contributed by atoms with Crippen molar-refractivity contribution in [3.05, 3.63) is 69.9 Å². The molecule has 0 radical (unpaired) electrons. The molecule has 0 bridgehead atoms. The molecule has 8 nitrogen and oxygen atoms in total. The molecule has 166 valence electrons. The van der Waals surface area contributed by atoms with Gasteiger partial charge in [-0.1, -0.05) is 29.8 Å². The topological polar surface area (TPSA) is 135 Å². The molecule has 4 rings (SSSR count). The number of aromatic nitrogens is 2. The second-order valence-electron chi connectivity index (χ2n) is 7.81. The summed E-state index contributed by atoms with van der Waals surface area (Å²) in [5, 5.41) is 27.5. The van der Waals surface area contributed by atoms with Gasteiger partial charge in [-0.05, 0) is 49.2 Å². The van der Waals surface area contributed by atoms with Gasteiger partial charge in [-0.25, -0.2) is 8.42 Å². The fourth-order valence-electron chi connectivity index (χ4n) is 3.99. The first-order chi connectivity index (χ1) is 15.7. The Morgan fingerprint density at radius 2 is 1.88 bits per heavy atom. The maximum absolute atomic E-state index is 12.8. The van der Waals surface area contributed by atoms with E-state index >= 15 is 0 Å². The molecule has 2 unspecified atom stereocenters. The number of rotatable bonds is 5. The summed E-state index contributed by atoms with van der Waals surface area (Å²) >= 11 is 5.87. The summed E-state index contributed by atoms with van der Waals surface area (Å²) in [6.07, 6.45) is 0. The molecule has 0 saturated heterocycles. The molecule has 10 heteroatoms. The van der Waals surface area contributed by atoms with Gasteiger partial charge in [-0.2, -0.15) is 15.6 Å². The highest BCUT2D eigenvalue weighted by Gasteiger charge is 2.34. The summed E-state index contributed by atoms with van der Waals surface area (Å²) in [6, 6.07) is 16.3. The molecule has 2 atom stereocenters. The average Bonchev–Trinajstić information content (AvgIpc) is 3.16. The number of nitrogens with one attached hydrogen (secondary N) is 2. The van der Waals surface area contributed by atoms with E-state index in [0.29, 0.717) is 44.0 Å². The monoisotopic (exact) mass is 478 g/mol. The van der Waals surface area contributed by atoms with E-state index in [1.54, 1.807) is 50.2 Å². The van der Waals surface area contributed by atoms with Gasteiger partial charge < -0.3 is 0 Å². The van der Waals surface area contributed by atoms with E-state index in [1.165, 1.54) is 0 Å². The number of allylic oxidation sites excluding steroid dienone is 2. The lowest BCUT2D eigenvalue weighted by Crippen LogP contribution is -2.24. The summed E-state index contributed by atoms with van der Waals surface area (Å²) in [7, 11) is -3.76. The Hall–Kier alpha value is -3.66. The lowest BCUT2D eigenvalue weighted by atomic mass is 9.76. The number of fused-ring (bicyclic) bond motifs is 1. The van der Waals surface area contributed by atoms with Crippen LogP contribution in [0.25, 0.3) is 10.9 Å². The van der Waals surface area contributed by atoms with Crippen LogP contribution in [0.5, 0.6) is 0 Å². The lowest BCUT2D eigenvalue weighted by Gasteiger charge is -2.26. The minimum absolute atomic E-state index is 0.148. The predicted octanol–water partition coefficient (Wildman–Crippen LogP) is 4.65. The van der Waals surface area contributed by atoms with Crippen molar-refractivity contribution in [2.24, 2.45) is 10.9 Å². The van der Waals surface area contributed by atoms with Gasteiger partial charge in [0, 0.05) is 22.0 Å². The summed E-state index contributed by atoms with van der Waals surface area (Å²) in [5.74, 6) is -1.20. The van der Waals surface area contributed by atoms with Gasteiger partial charge in [0.05, 0.1) is 40.6 Å². The van der Waals surface area contributed by atoms with Crippen LogP contribution in [-0.4, -0.2) is 24.3 Å². The summed E-state index contributed by atoms with van der Waals surface area (Å²) in [4.78, 5) is 4.36. The standard InChI is InChI=1S/C23H19ClN6O2S/c1-13-19(10-25)22(20(11-26)14(2)27-13)16-5-8-21-18(9-16)23(29-28-21)30-33(31,32)12-15-3-6-17(24)7-4-15/h3-9,19,22H,12H2,1-2H3,(H2,28,29,30). The van der Waals surface area contributed by atoms with Crippen LogP contribution in [0.1, 0.15) is 30.9 Å². The van der Waals surface area contributed by atoms with Crippen molar-refractivity contribution < 1.29 is 8.42 Å². The molecule has 33 heavy (non-hydrogen) atoms. The van der Waals surface area contributed by atoms with Gasteiger partial charge in [0.25, 0.3) is 0 Å². The highest BCUT2D eigenvalue weighted by Crippen LogP contribution is 2.39. The summed E-state index contributed by atoms with van der Waals surface area (Å²) in [5.41, 5.74) is 3.54. The number of nitrogens with zero attached hydrogens (tertiary/aromatic N) is 4. The molecule has 1 aliphatic heterocycles. The van der Waals surface area contributed by atoms with Crippen molar-refractivity contribution in [2.45, 2.75) is 25.5 Å². The van der Waals surface area contributed by atoms with Crippen LogP contribution in [0.15, 0.2) is 58.7 Å². The summed E-state index contributed by atoms with van der Waals surface area (Å²) < 4.78 is 28.0. The third-order valence-electron chi connectivity index (χ3n) is 5.56. The molecule has 0 amide bonds. The van der Waals surface area contributed by atoms with Gasteiger partial charge in [-0.3, -0.25) is 14.8 Å². The lowest BCUT2D eigenvalue weighted by molar-refractivity contribution is 0.600. The number of hydrogen-bond acceptors (Lipinski definition) is 6. The smallest absolute Gasteiger partial charge is 0.238 e. The van der Waals surface area contributed by atoms with Gasteiger partial charge in [0.1, 0.15) is 0 Å². The zero-order valence-electron chi connectivity index (χ0n) is 17.8. The molecule has 0 saturated carbocycles. The minimum Gasteiger partial charge on any atom is -0.276 e. The highest BCUT2D eigenvalue weighted by atomic mass is 35.5. The minimum atomic E-state index is -3.76. The number of halogens is 1. The van der Waals surface area contributed by atoms with Gasteiger partial charge >= 0.3 is 0 Å². The number of anilines is 1. The predicted molar refractivity (Wildman–Crippen MR) is 127 cm³/mol. The van der Waals surface area contributed by atoms with E-state index in [9.17, 15) is 18.9 Å². The molecule has 1 aliphatic rings. The molecule has 0 fully saturated rings. The van der Waals surface area contributed by atoms with Crippen LogP contribution in [0, 0.1) is 28.6 Å². The maximum atomic E-state index is 12.8. The molecule has 2 aromatic carbocycles. The maximum Gasteiger partial charge on any atom is 0.238 e. The fourth-order valence-corrected chi connectivity index (χ4v) is 5.27. The van der Waals surface area contributed by atoms with E-state index in [2.05, 4.69) is 32.1 Å². The first-order valence-corrected chi connectivity index (χ1v) is 12.0. The molecular formula is C23H19ClN6O2S. The number of nitriles is 2. The van der Waals surface area contributed by atoms with Crippen molar-refractivity contribution in [1.29, 1.82) is 10.5 Å². The number of sulfonamides is 1. The SMILES string of the molecule is CC1=NC(C)=C(C#N)C(c2ccc3[nH]nc(NS(=O)(=O)Cc4ccc(Cl)cc4)c3c2)C1C#N. The van der Waals surface area contributed by atoms with Crippen LogP contribution in [0.3, 0.4) is 0 Å². The molecule has 3 aromatic rings. The third kappa shape index (κ3) is 4.47. The van der Waals surface area contributed by atoms with Crippen LogP contribution >= 0.6 is 11.6 Å². The van der Waals surface area contributed by atoms with Crippen LogP contribution in [0.2, 0.25) is 5.02 Å². The fraction of sp³-hybridized carbons (Fsp3) is 0.217. The Kier molecular flexibility index (Phi) is 5.94. The number of hydrogen-bond donors (Lipinski definition) is 2. The first-order valence-electron chi connectivity index (χ1n) is 10.0. The van der Waals surface area contributed by atoms with Crippen molar-refractivity contribution in [2.75, 3.05) is 4.72 Å². The number of aliphatic imine (C=N–C) groups is 1. The van der Waals surface area contributed by atoms with E-state index in [4.69, 9.17) is 11.6 Å². The number of benzene rings is 2. The second-order valence-corrected chi connectivity index (χ2v) is 9.97. The van der Waals surface area contributed by atoms with E-state index in [0.717, 1.165) is 0 Å². The zero-order valence-corrected chi connectivity index (χ0v) is 19.4. The quantitative estimate of drug-likeness (QED) is 0.550. The van der Waals surface area contributed by atoms with E-state index in [1.807, 2.05) is 6.07 Å². The Morgan fingerprint density at radius 3 is 2.55 bits per heavy atom. The van der Waals surface area contributed by atoms with Crippen molar-refractivity contribution >= 4 is 44.1 Å². The molecule has 0 aliphatic carbocycles. The third-order valence-corrected chi connectivity index (χ3v) is 7.03. The zero-order chi connectivity index (χ0) is 23.8. The van der Waals surface area contributed by atoms with Crippen LogP contribution in [-0.2, 0) is 15.8 Å². The molecule has 2 heterocycles. The Balaban J connectivity index is 1.71. The summed E-state index contributed by atoms with van der Waals surface area (Å²) in [6.45, 7) is 3.51. The van der Waals surface area contributed by atoms with Crippen molar-refractivity contribution in [1.82, 2.24) is 10.2 Å². The Labute approximate surface area is 196 Å². The van der Waals surface area contributed by atoms with E-state index < -0.39 is 21.9 Å². The van der Waals surface area contributed by atoms with Gasteiger partial charge in [0.15, 0.2) is 5.82 Å². The van der Waals surface area contributed by atoms with Crippen LogP contribution < -0.4 is 4.72 Å². The van der Waals surface area contributed by atoms with Gasteiger partial charge in [-0.15, -0.1) is 0 Å². The molecule has 2 N–H and O–H groups in total. The van der Waals surface area contributed by atoms with Gasteiger partial charge in [0.2, 0.25) is 10.0 Å². The Morgan fingerprint density at radius 1 is 1.15 bits per heavy atom. The highest BCUT2D eigenvalue weighted by molar-refractivity contribution is 7.91. The molecule has 1 aromatic heterocycles.